The highest BCUT2D eigenvalue weighted by molar-refractivity contribution is 7.91. The number of rotatable bonds is 7. The number of methoxy groups -OCH3 is 2. The van der Waals surface area contributed by atoms with Gasteiger partial charge in [-0.1, -0.05) is 12.1 Å². The summed E-state index contributed by atoms with van der Waals surface area (Å²) >= 11 is 0. The summed E-state index contributed by atoms with van der Waals surface area (Å²) in [5.41, 5.74) is -0.493. The molecule has 2 aromatic carbocycles. The summed E-state index contributed by atoms with van der Waals surface area (Å²) in [6, 6.07) is 8.37. The van der Waals surface area contributed by atoms with E-state index in [0.717, 1.165) is 24.3 Å². The third kappa shape index (κ3) is 5.88. The minimum absolute atomic E-state index is 0.153. The Labute approximate surface area is 160 Å². The van der Waals surface area contributed by atoms with E-state index >= 15 is 0 Å². The van der Waals surface area contributed by atoms with Gasteiger partial charge in [0, 0.05) is 6.07 Å². The second kappa shape index (κ2) is 8.51. The van der Waals surface area contributed by atoms with Crippen molar-refractivity contribution in [2.24, 2.45) is 0 Å². The smallest absolute Gasteiger partial charge is 0.416 e. The van der Waals surface area contributed by atoms with Crippen LogP contribution in [0.5, 0.6) is 11.5 Å². The average molecular weight is 417 g/mol. The molecule has 0 aliphatic carbocycles. The van der Waals surface area contributed by atoms with Gasteiger partial charge in [0.15, 0.2) is 9.84 Å². The first-order chi connectivity index (χ1) is 13.0. The van der Waals surface area contributed by atoms with E-state index in [-0.39, 0.29) is 11.3 Å². The molecule has 152 valence electrons. The molecule has 0 saturated carbocycles. The molecule has 0 atom stereocenters. The number of anilines is 1. The van der Waals surface area contributed by atoms with E-state index in [4.69, 9.17) is 9.47 Å². The highest BCUT2D eigenvalue weighted by Gasteiger charge is 2.30. The second-order valence-corrected chi connectivity index (χ2v) is 7.91. The third-order valence-corrected chi connectivity index (χ3v) is 5.17. The molecule has 0 aliphatic rings. The van der Waals surface area contributed by atoms with E-state index in [1.54, 1.807) is 12.1 Å². The lowest BCUT2D eigenvalue weighted by molar-refractivity contribution is -0.137. The molecule has 1 amide bonds. The van der Waals surface area contributed by atoms with Gasteiger partial charge in [-0.15, -0.1) is 0 Å². The molecule has 2 rings (SSSR count). The molecule has 0 spiro atoms. The van der Waals surface area contributed by atoms with Gasteiger partial charge in [0.2, 0.25) is 5.91 Å². The first-order valence-corrected chi connectivity index (χ1v) is 9.74. The zero-order chi connectivity index (χ0) is 20.9. The van der Waals surface area contributed by atoms with Crippen molar-refractivity contribution in [1.82, 2.24) is 0 Å². The average Bonchev–Trinajstić information content (AvgIpc) is 2.60. The maximum Gasteiger partial charge on any atom is 0.416 e. The van der Waals surface area contributed by atoms with Crippen LogP contribution in [0.25, 0.3) is 0 Å². The molecule has 0 aromatic heterocycles. The summed E-state index contributed by atoms with van der Waals surface area (Å²) in [7, 11) is -1.08. The molecule has 0 radical (unpaired) electrons. The number of nitrogens with one attached hydrogen (secondary N) is 1. The van der Waals surface area contributed by atoms with Crippen molar-refractivity contribution in [3.63, 3.8) is 0 Å². The Morgan fingerprint density at radius 1 is 1.04 bits per heavy atom. The summed E-state index contributed by atoms with van der Waals surface area (Å²) in [6.07, 6.45) is -4.51. The number of ether oxygens (including phenoxy) is 2. The number of halogens is 3. The van der Waals surface area contributed by atoms with Crippen molar-refractivity contribution in [3.05, 3.63) is 53.6 Å². The standard InChI is InChI=1S/C18H18F3NO5S/c1-26-14-7-8-16(27-2)15(9-14)22-17(23)11-28(24,25)10-12-3-5-13(6-4-12)18(19,20)21/h3-9H,10-11H2,1-2H3,(H,22,23). The monoisotopic (exact) mass is 417 g/mol. The van der Waals surface area contributed by atoms with Gasteiger partial charge in [-0.25, -0.2) is 8.42 Å². The first kappa shape index (κ1) is 21.5. The first-order valence-electron chi connectivity index (χ1n) is 7.92. The van der Waals surface area contributed by atoms with Crippen molar-refractivity contribution >= 4 is 21.4 Å². The quantitative estimate of drug-likeness (QED) is 0.748. The van der Waals surface area contributed by atoms with Crippen LogP contribution in [0.2, 0.25) is 0 Å². The van der Waals surface area contributed by atoms with Gasteiger partial charge < -0.3 is 14.8 Å². The van der Waals surface area contributed by atoms with Gasteiger partial charge in [0.1, 0.15) is 17.3 Å². The summed E-state index contributed by atoms with van der Waals surface area (Å²) in [4.78, 5) is 12.1. The maximum absolute atomic E-state index is 12.6. The topological polar surface area (TPSA) is 81.7 Å². The van der Waals surface area contributed by atoms with Crippen LogP contribution in [0, 0.1) is 0 Å². The van der Waals surface area contributed by atoms with Crippen LogP contribution in [0.3, 0.4) is 0 Å². The Bertz CT molecular complexity index is 941. The highest BCUT2D eigenvalue weighted by Crippen LogP contribution is 2.30. The second-order valence-electron chi connectivity index (χ2n) is 5.84. The van der Waals surface area contributed by atoms with E-state index in [1.165, 1.54) is 20.3 Å². The number of carbonyl (C=O) groups is 1. The zero-order valence-corrected chi connectivity index (χ0v) is 15.9. The fourth-order valence-electron chi connectivity index (χ4n) is 2.39. The van der Waals surface area contributed by atoms with Crippen LogP contribution >= 0.6 is 0 Å². The predicted molar refractivity (Wildman–Crippen MR) is 97.1 cm³/mol. The van der Waals surface area contributed by atoms with Gasteiger partial charge in [-0.3, -0.25) is 4.79 Å². The highest BCUT2D eigenvalue weighted by atomic mass is 32.2. The maximum atomic E-state index is 12.6. The lowest BCUT2D eigenvalue weighted by atomic mass is 10.1. The van der Waals surface area contributed by atoms with Crippen LogP contribution < -0.4 is 14.8 Å². The molecule has 6 nitrogen and oxygen atoms in total. The molecular formula is C18H18F3NO5S. The van der Waals surface area contributed by atoms with E-state index < -0.39 is 39.0 Å². The lowest BCUT2D eigenvalue weighted by Gasteiger charge is -2.12. The van der Waals surface area contributed by atoms with Gasteiger partial charge in [-0.05, 0) is 29.8 Å². The number of sulfone groups is 1. The summed E-state index contributed by atoms with van der Waals surface area (Å²) in [6.45, 7) is 0. The van der Waals surface area contributed by atoms with Crippen LogP contribution in [-0.4, -0.2) is 34.3 Å². The summed E-state index contributed by atoms with van der Waals surface area (Å²) < 4.78 is 72.3. The van der Waals surface area contributed by atoms with Crippen LogP contribution in [0.15, 0.2) is 42.5 Å². The van der Waals surface area contributed by atoms with Gasteiger partial charge in [-0.2, -0.15) is 13.2 Å². The predicted octanol–water partition coefficient (Wildman–Crippen LogP) is 3.28. The Hall–Kier alpha value is -2.75. The normalized spacial score (nSPS) is 11.8. The van der Waals surface area contributed by atoms with Crippen LogP contribution in [0.4, 0.5) is 18.9 Å². The van der Waals surface area contributed by atoms with Gasteiger partial charge in [0.25, 0.3) is 0 Å². The van der Waals surface area contributed by atoms with Crippen molar-refractivity contribution in [2.75, 3.05) is 25.3 Å². The molecule has 1 N–H and O–H groups in total. The minimum Gasteiger partial charge on any atom is -0.497 e. The minimum atomic E-state index is -4.51. The Kier molecular flexibility index (Phi) is 6.55. The number of benzene rings is 2. The fraction of sp³-hybridized carbons (Fsp3) is 0.278. The molecule has 2 aromatic rings. The van der Waals surface area contributed by atoms with E-state index in [0.29, 0.717) is 11.5 Å². The van der Waals surface area contributed by atoms with Crippen molar-refractivity contribution < 1.29 is 35.9 Å². The molecule has 0 heterocycles. The van der Waals surface area contributed by atoms with Gasteiger partial charge >= 0.3 is 6.18 Å². The van der Waals surface area contributed by atoms with E-state index in [1.807, 2.05) is 0 Å². The SMILES string of the molecule is COc1ccc(OC)c(NC(=O)CS(=O)(=O)Cc2ccc(C(F)(F)F)cc2)c1. The molecule has 10 heteroatoms. The fourth-order valence-corrected chi connectivity index (χ4v) is 3.67. The third-order valence-electron chi connectivity index (χ3n) is 3.70. The number of amides is 1. The molecule has 0 aliphatic heterocycles. The molecule has 0 bridgehead atoms. The lowest BCUT2D eigenvalue weighted by Crippen LogP contribution is -2.24. The molecule has 28 heavy (non-hydrogen) atoms. The zero-order valence-electron chi connectivity index (χ0n) is 15.0. The molecule has 0 saturated heterocycles. The van der Waals surface area contributed by atoms with E-state index in [9.17, 15) is 26.4 Å². The largest absolute Gasteiger partial charge is 0.497 e. The number of carbonyl (C=O) groups excluding carboxylic acids is 1. The molecule has 0 fully saturated rings. The van der Waals surface area contributed by atoms with Crippen LogP contribution in [-0.2, 0) is 26.6 Å². The van der Waals surface area contributed by atoms with Gasteiger partial charge in [0.05, 0.1) is 31.2 Å². The van der Waals surface area contributed by atoms with Crippen LogP contribution in [0.1, 0.15) is 11.1 Å². The Balaban J connectivity index is 2.07. The number of hydrogen-bond acceptors (Lipinski definition) is 5. The van der Waals surface area contributed by atoms with Crippen molar-refractivity contribution in [1.29, 1.82) is 0 Å². The van der Waals surface area contributed by atoms with E-state index in [2.05, 4.69) is 5.32 Å². The molecular weight excluding hydrogens is 399 g/mol. The Morgan fingerprint density at radius 3 is 2.21 bits per heavy atom. The van der Waals surface area contributed by atoms with Crippen molar-refractivity contribution in [2.45, 2.75) is 11.9 Å². The number of alkyl halides is 3. The number of hydrogen-bond donors (Lipinski definition) is 1. The summed E-state index contributed by atoms with van der Waals surface area (Å²) in [5.74, 6) is -1.46. The summed E-state index contributed by atoms with van der Waals surface area (Å²) in [5, 5.41) is 2.44. The van der Waals surface area contributed by atoms with Crippen molar-refractivity contribution in [3.8, 4) is 11.5 Å². The molecule has 0 unspecified atom stereocenters. The Morgan fingerprint density at radius 2 is 1.68 bits per heavy atom.